The normalized spacial score (nSPS) is 42.0. The minimum absolute atomic E-state index is 0.533. The number of hydrogen-bond acceptors (Lipinski definition) is 1. The van der Waals surface area contributed by atoms with Crippen molar-refractivity contribution in [1.29, 1.82) is 0 Å². The molecule has 0 aliphatic heterocycles. The molecule has 1 nitrogen and oxygen atoms in total. The summed E-state index contributed by atoms with van der Waals surface area (Å²) in [6.45, 7) is 14.7. The van der Waals surface area contributed by atoms with Gasteiger partial charge in [0.1, 0.15) is 0 Å². The molecule has 1 N–H and O–H groups in total. The molecule has 0 bridgehead atoms. The Hall–Kier alpha value is -0.0400. The highest BCUT2D eigenvalue weighted by atomic mass is 15.0. The first-order valence-electron chi connectivity index (χ1n) is 8.41. The van der Waals surface area contributed by atoms with Crippen molar-refractivity contribution in [2.24, 2.45) is 22.7 Å². The number of rotatable bonds is 2. The van der Waals surface area contributed by atoms with E-state index in [4.69, 9.17) is 0 Å². The maximum atomic E-state index is 4.03. The molecule has 0 radical (unpaired) electrons. The second-order valence-electron chi connectivity index (χ2n) is 9.39. The van der Waals surface area contributed by atoms with E-state index < -0.39 is 0 Å². The highest BCUT2D eigenvalue weighted by Gasteiger charge is 2.36. The molecule has 2 aliphatic rings. The molecular formula is C18H35N. The van der Waals surface area contributed by atoms with E-state index in [0.717, 1.165) is 23.9 Å². The van der Waals surface area contributed by atoms with Crippen molar-refractivity contribution in [2.45, 2.75) is 92.2 Å². The lowest BCUT2D eigenvalue weighted by Gasteiger charge is -2.44. The molecule has 0 aromatic carbocycles. The van der Waals surface area contributed by atoms with Crippen molar-refractivity contribution >= 4 is 0 Å². The van der Waals surface area contributed by atoms with Crippen LogP contribution < -0.4 is 5.32 Å². The van der Waals surface area contributed by atoms with Gasteiger partial charge in [-0.25, -0.2) is 0 Å². The average Bonchev–Trinajstić information content (AvgIpc) is 2.08. The summed E-state index contributed by atoms with van der Waals surface area (Å²) in [7, 11) is 0. The molecule has 19 heavy (non-hydrogen) atoms. The van der Waals surface area contributed by atoms with Crippen molar-refractivity contribution in [2.75, 3.05) is 0 Å². The van der Waals surface area contributed by atoms with Gasteiger partial charge in [-0.1, -0.05) is 41.5 Å². The van der Waals surface area contributed by atoms with Crippen LogP contribution in [0.3, 0.4) is 0 Å². The SMILES string of the molecule is C[C@@H]1C[C@H](N[C@@H]2C[C@H](C)CC(C)(C)C2)CC(C)(C)C1. The molecule has 0 spiro atoms. The monoisotopic (exact) mass is 265 g/mol. The van der Waals surface area contributed by atoms with Crippen LogP contribution in [0.15, 0.2) is 0 Å². The Morgan fingerprint density at radius 1 is 0.684 bits per heavy atom. The van der Waals surface area contributed by atoms with E-state index >= 15 is 0 Å². The van der Waals surface area contributed by atoms with Crippen LogP contribution in [0.2, 0.25) is 0 Å². The van der Waals surface area contributed by atoms with Crippen LogP contribution in [-0.2, 0) is 0 Å². The largest absolute Gasteiger partial charge is 0.311 e. The number of hydrogen-bond donors (Lipinski definition) is 1. The summed E-state index contributed by atoms with van der Waals surface area (Å²) in [5.41, 5.74) is 1.07. The highest BCUT2D eigenvalue weighted by Crippen LogP contribution is 2.41. The van der Waals surface area contributed by atoms with Crippen LogP contribution in [0.25, 0.3) is 0 Å². The lowest BCUT2D eigenvalue weighted by molar-refractivity contribution is 0.106. The summed E-state index contributed by atoms with van der Waals surface area (Å²) in [5, 5.41) is 4.03. The molecule has 2 aliphatic carbocycles. The summed E-state index contributed by atoms with van der Waals surface area (Å²) < 4.78 is 0. The average molecular weight is 265 g/mol. The Morgan fingerprint density at radius 3 is 1.37 bits per heavy atom. The van der Waals surface area contributed by atoms with E-state index in [1.165, 1.54) is 38.5 Å². The van der Waals surface area contributed by atoms with Crippen LogP contribution in [0.1, 0.15) is 80.1 Å². The van der Waals surface area contributed by atoms with Crippen LogP contribution in [0.4, 0.5) is 0 Å². The van der Waals surface area contributed by atoms with E-state index in [-0.39, 0.29) is 0 Å². The Balaban J connectivity index is 1.93. The molecule has 4 atom stereocenters. The first-order chi connectivity index (χ1) is 8.65. The predicted molar refractivity (Wildman–Crippen MR) is 84.3 cm³/mol. The second kappa shape index (κ2) is 5.39. The molecule has 112 valence electrons. The molecule has 1 heteroatoms. The lowest BCUT2D eigenvalue weighted by Crippen LogP contribution is -2.48. The second-order valence-corrected chi connectivity index (χ2v) is 9.39. The zero-order chi connectivity index (χ0) is 14.3. The van der Waals surface area contributed by atoms with E-state index in [2.05, 4.69) is 46.9 Å². The van der Waals surface area contributed by atoms with E-state index in [1.807, 2.05) is 0 Å². The van der Waals surface area contributed by atoms with Gasteiger partial charge in [-0.3, -0.25) is 0 Å². The minimum Gasteiger partial charge on any atom is -0.311 e. The fourth-order valence-electron chi connectivity index (χ4n) is 5.28. The molecule has 2 fully saturated rings. The molecule has 0 aromatic rings. The summed E-state index contributed by atoms with van der Waals surface area (Å²) >= 11 is 0. The van der Waals surface area contributed by atoms with E-state index in [9.17, 15) is 0 Å². The van der Waals surface area contributed by atoms with Crippen molar-refractivity contribution in [3.63, 3.8) is 0 Å². The van der Waals surface area contributed by atoms with Crippen LogP contribution in [0.5, 0.6) is 0 Å². The molecule has 0 heterocycles. The third-order valence-corrected chi connectivity index (χ3v) is 5.25. The Kier molecular flexibility index (Phi) is 4.35. The van der Waals surface area contributed by atoms with E-state index in [1.54, 1.807) is 0 Å². The standard InChI is InChI=1S/C18H35N/c1-13-7-15(11-17(3,4)9-13)19-16-8-14(2)10-18(5,6)12-16/h13-16,19H,7-12H2,1-6H3/t13-,14+,15+,16-. The quantitative estimate of drug-likeness (QED) is 0.740. The van der Waals surface area contributed by atoms with Gasteiger partial charge < -0.3 is 5.32 Å². The Labute approximate surface area is 120 Å². The summed E-state index contributed by atoms with van der Waals surface area (Å²) in [4.78, 5) is 0. The van der Waals surface area contributed by atoms with Crippen molar-refractivity contribution in [3.8, 4) is 0 Å². The van der Waals surface area contributed by atoms with E-state index in [0.29, 0.717) is 10.8 Å². The van der Waals surface area contributed by atoms with Gasteiger partial charge in [0.25, 0.3) is 0 Å². The molecule has 0 saturated heterocycles. The van der Waals surface area contributed by atoms with Gasteiger partial charge in [0.05, 0.1) is 0 Å². The third kappa shape index (κ3) is 4.48. The van der Waals surface area contributed by atoms with Gasteiger partial charge >= 0.3 is 0 Å². The lowest BCUT2D eigenvalue weighted by atomic mass is 9.68. The fraction of sp³-hybridized carbons (Fsp3) is 1.00. The molecular weight excluding hydrogens is 230 g/mol. The zero-order valence-corrected chi connectivity index (χ0v) is 14.1. The highest BCUT2D eigenvalue weighted by molar-refractivity contribution is 4.92. The predicted octanol–water partition coefficient (Wildman–Crippen LogP) is 5.01. The zero-order valence-electron chi connectivity index (χ0n) is 14.1. The molecule has 0 aromatic heterocycles. The van der Waals surface area contributed by atoms with Gasteiger partial charge in [-0.05, 0) is 61.2 Å². The van der Waals surface area contributed by atoms with Crippen LogP contribution in [-0.4, -0.2) is 12.1 Å². The maximum absolute atomic E-state index is 4.03. The van der Waals surface area contributed by atoms with Crippen LogP contribution >= 0.6 is 0 Å². The summed E-state index contributed by atoms with van der Waals surface area (Å²) in [5.74, 6) is 1.77. The van der Waals surface area contributed by atoms with Crippen molar-refractivity contribution in [1.82, 2.24) is 5.32 Å². The third-order valence-electron chi connectivity index (χ3n) is 5.25. The van der Waals surface area contributed by atoms with Gasteiger partial charge in [-0.15, -0.1) is 0 Å². The Morgan fingerprint density at radius 2 is 1.05 bits per heavy atom. The van der Waals surface area contributed by atoms with Gasteiger partial charge in [-0.2, -0.15) is 0 Å². The van der Waals surface area contributed by atoms with Crippen molar-refractivity contribution < 1.29 is 0 Å². The first kappa shape index (κ1) is 15.4. The maximum Gasteiger partial charge on any atom is 0.00772 e. The topological polar surface area (TPSA) is 12.0 Å². The van der Waals surface area contributed by atoms with Crippen molar-refractivity contribution in [3.05, 3.63) is 0 Å². The summed E-state index contributed by atoms with van der Waals surface area (Å²) in [6, 6.07) is 1.51. The van der Waals surface area contributed by atoms with Crippen LogP contribution in [0, 0.1) is 22.7 Å². The molecule has 2 saturated carbocycles. The summed E-state index contributed by atoms with van der Waals surface area (Å²) in [6.07, 6.45) is 8.30. The molecule has 2 rings (SSSR count). The van der Waals surface area contributed by atoms with Gasteiger partial charge in [0.15, 0.2) is 0 Å². The fourth-order valence-corrected chi connectivity index (χ4v) is 5.28. The number of nitrogens with one attached hydrogen (secondary N) is 1. The Bertz CT molecular complexity index is 275. The minimum atomic E-state index is 0.533. The molecule has 0 unspecified atom stereocenters. The van der Waals surface area contributed by atoms with Gasteiger partial charge in [0.2, 0.25) is 0 Å². The molecule has 0 amide bonds. The smallest absolute Gasteiger partial charge is 0.00772 e. The first-order valence-corrected chi connectivity index (χ1v) is 8.41. The van der Waals surface area contributed by atoms with Gasteiger partial charge in [0, 0.05) is 12.1 Å².